The number of thiazole rings is 1. The predicted molar refractivity (Wildman–Crippen MR) is 121 cm³/mol. The van der Waals surface area contributed by atoms with E-state index in [1.54, 1.807) is 29.9 Å². The number of aromatic nitrogens is 4. The molecule has 0 saturated carbocycles. The number of pyridine rings is 2. The predicted octanol–water partition coefficient (Wildman–Crippen LogP) is 4.82. The minimum Gasteiger partial charge on any atom is -0.383 e. The number of nitrogen functional groups attached to an aromatic ring is 1. The van der Waals surface area contributed by atoms with Crippen LogP contribution in [0.1, 0.15) is 24.6 Å². The fourth-order valence-corrected chi connectivity index (χ4v) is 5.17. The van der Waals surface area contributed by atoms with E-state index >= 15 is 0 Å². The molecular formula is C23H19FN6S. The molecule has 0 amide bonds. The minimum absolute atomic E-state index is 0.308. The molecule has 1 saturated heterocycles. The normalized spacial score (nSPS) is 16.5. The van der Waals surface area contributed by atoms with Gasteiger partial charge in [-0.2, -0.15) is 0 Å². The third kappa shape index (κ3) is 3.07. The molecule has 0 aliphatic carbocycles. The second kappa shape index (κ2) is 7.11. The van der Waals surface area contributed by atoms with Crippen molar-refractivity contribution in [3.05, 3.63) is 65.8 Å². The van der Waals surface area contributed by atoms with Gasteiger partial charge in [0, 0.05) is 40.4 Å². The van der Waals surface area contributed by atoms with Gasteiger partial charge >= 0.3 is 0 Å². The van der Waals surface area contributed by atoms with Crippen molar-refractivity contribution >= 4 is 33.6 Å². The van der Waals surface area contributed by atoms with E-state index in [9.17, 15) is 4.39 Å². The minimum atomic E-state index is -0.308. The molecule has 4 aromatic heterocycles. The molecule has 1 aromatic carbocycles. The Morgan fingerprint density at radius 2 is 2.06 bits per heavy atom. The molecule has 5 aromatic rings. The van der Waals surface area contributed by atoms with Gasteiger partial charge < -0.3 is 11.1 Å². The lowest BCUT2D eigenvalue weighted by molar-refractivity contribution is 0.626. The maximum absolute atomic E-state index is 13.5. The number of fused-ring (bicyclic) bond motifs is 2. The maximum Gasteiger partial charge on any atom is 0.140 e. The highest BCUT2D eigenvalue weighted by Crippen LogP contribution is 2.36. The zero-order valence-corrected chi connectivity index (χ0v) is 17.4. The summed E-state index contributed by atoms with van der Waals surface area (Å²) in [4.78, 5) is 13.7. The van der Waals surface area contributed by atoms with Crippen LogP contribution in [0.25, 0.3) is 38.2 Å². The zero-order chi connectivity index (χ0) is 20.9. The molecular weight excluding hydrogens is 411 g/mol. The second-order valence-corrected chi connectivity index (χ2v) is 8.62. The molecule has 31 heavy (non-hydrogen) atoms. The van der Waals surface area contributed by atoms with Crippen molar-refractivity contribution in [2.45, 2.75) is 18.9 Å². The van der Waals surface area contributed by atoms with Gasteiger partial charge in [-0.15, -0.1) is 11.3 Å². The number of nitrogens with one attached hydrogen (secondary N) is 1. The second-order valence-electron chi connectivity index (χ2n) is 7.76. The summed E-state index contributed by atoms with van der Waals surface area (Å²) in [7, 11) is 0. The van der Waals surface area contributed by atoms with Crippen LogP contribution in [0.2, 0.25) is 0 Å². The van der Waals surface area contributed by atoms with Crippen molar-refractivity contribution in [1.29, 1.82) is 0 Å². The summed E-state index contributed by atoms with van der Waals surface area (Å²) in [6.07, 6.45) is 7.53. The standard InChI is InChI=1S/C23H19FN6S/c24-14-5-7-30-20(11-27-21(30)9-14)13-3-4-15-16(8-13)22(25)28-10-17(15)23-29-19(12-31-23)18-2-1-6-26-18/h3-5,7-12,18,26H,1-2,6H2,(H2,25,28). The number of halogens is 1. The molecule has 154 valence electrons. The first kappa shape index (κ1) is 18.4. The molecule has 8 heteroatoms. The highest BCUT2D eigenvalue weighted by molar-refractivity contribution is 7.13. The van der Waals surface area contributed by atoms with Gasteiger partial charge in [-0.3, -0.25) is 4.40 Å². The summed E-state index contributed by atoms with van der Waals surface area (Å²) in [6.45, 7) is 1.04. The number of imidazole rings is 1. The van der Waals surface area contributed by atoms with Crippen molar-refractivity contribution in [2.75, 3.05) is 12.3 Å². The van der Waals surface area contributed by atoms with Gasteiger partial charge in [0.2, 0.25) is 0 Å². The number of nitrogens with two attached hydrogens (primary N) is 1. The summed E-state index contributed by atoms with van der Waals surface area (Å²) in [5, 5.41) is 8.45. The lowest BCUT2D eigenvalue weighted by Gasteiger charge is -2.09. The van der Waals surface area contributed by atoms with Crippen molar-refractivity contribution in [3.8, 4) is 21.8 Å². The molecule has 6 nitrogen and oxygen atoms in total. The van der Waals surface area contributed by atoms with E-state index in [-0.39, 0.29) is 5.82 Å². The Morgan fingerprint density at radius 3 is 2.94 bits per heavy atom. The Kier molecular flexibility index (Phi) is 4.22. The van der Waals surface area contributed by atoms with Crippen LogP contribution in [0.5, 0.6) is 0 Å². The van der Waals surface area contributed by atoms with E-state index in [1.165, 1.54) is 18.6 Å². The Labute approximate surface area is 181 Å². The molecule has 1 atom stereocenters. The number of nitrogens with zero attached hydrogens (tertiary/aromatic N) is 4. The highest BCUT2D eigenvalue weighted by Gasteiger charge is 2.20. The maximum atomic E-state index is 13.5. The van der Waals surface area contributed by atoms with Crippen LogP contribution in [0.4, 0.5) is 10.2 Å². The van der Waals surface area contributed by atoms with Gasteiger partial charge in [0.1, 0.15) is 22.3 Å². The summed E-state index contributed by atoms with van der Waals surface area (Å²) in [6, 6.07) is 9.27. The van der Waals surface area contributed by atoms with Crippen molar-refractivity contribution < 1.29 is 4.39 Å². The van der Waals surface area contributed by atoms with Crippen molar-refractivity contribution in [1.82, 2.24) is 24.7 Å². The summed E-state index contributed by atoms with van der Waals surface area (Å²) in [5.74, 6) is 0.159. The van der Waals surface area contributed by atoms with Crippen LogP contribution in [0.3, 0.4) is 0 Å². The van der Waals surface area contributed by atoms with Gasteiger partial charge in [-0.25, -0.2) is 19.3 Å². The zero-order valence-electron chi connectivity index (χ0n) is 16.5. The SMILES string of the molecule is Nc1ncc(-c2nc(C3CCCN3)cs2)c2ccc(-c3cnc4cc(F)ccn34)cc12. The molecule has 0 radical (unpaired) electrons. The van der Waals surface area contributed by atoms with Crippen LogP contribution >= 0.6 is 11.3 Å². The number of anilines is 1. The van der Waals surface area contributed by atoms with Crippen LogP contribution < -0.4 is 11.1 Å². The number of hydrogen-bond donors (Lipinski definition) is 2. The monoisotopic (exact) mass is 430 g/mol. The van der Waals surface area contributed by atoms with E-state index in [1.807, 2.05) is 16.5 Å². The van der Waals surface area contributed by atoms with E-state index < -0.39 is 0 Å². The van der Waals surface area contributed by atoms with E-state index in [0.29, 0.717) is 17.5 Å². The van der Waals surface area contributed by atoms with Gasteiger partial charge in [-0.1, -0.05) is 12.1 Å². The fourth-order valence-electron chi connectivity index (χ4n) is 4.27. The highest BCUT2D eigenvalue weighted by atomic mass is 32.1. The molecule has 1 unspecified atom stereocenters. The average Bonchev–Trinajstić information content (AvgIpc) is 3.54. The smallest absolute Gasteiger partial charge is 0.140 e. The summed E-state index contributed by atoms with van der Waals surface area (Å²) >= 11 is 1.63. The molecule has 1 fully saturated rings. The largest absolute Gasteiger partial charge is 0.383 e. The molecule has 0 bridgehead atoms. The number of hydrogen-bond acceptors (Lipinski definition) is 6. The van der Waals surface area contributed by atoms with Gasteiger partial charge in [0.25, 0.3) is 0 Å². The van der Waals surface area contributed by atoms with Crippen LogP contribution in [-0.2, 0) is 0 Å². The first-order chi connectivity index (χ1) is 15.2. The topological polar surface area (TPSA) is 81.1 Å². The van der Waals surface area contributed by atoms with Crippen molar-refractivity contribution in [3.63, 3.8) is 0 Å². The van der Waals surface area contributed by atoms with E-state index in [2.05, 4.69) is 26.7 Å². The lowest BCUT2D eigenvalue weighted by atomic mass is 10.0. The Balaban J connectivity index is 1.46. The lowest BCUT2D eigenvalue weighted by Crippen LogP contribution is -2.12. The quantitative estimate of drug-likeness (QED) is 0.429. The molecule has 6 rings (SSSR count). The van der Waals surface area contributed by atoms with Crippen LogP contribution in [0.15, 0.2) is 54.3 Å². The Bertz CT molecular complexity index is 1430. The summed E-state index contributed by atoms with van der Waals surface area (Å²) < 4.78 is 15.4. The van der Waals surface area contributed by atoms with Gasteiger partial charge in [-0.05, 0) is 36.9 Å². The first-order valence-electron chi connectivity index (χ1n) is 10.2. The van der Waals surface area contributed by atoms with E-state index in [0.717, 1.165) is 51.3 Å². The van der Waals surface area contributed by atoms with Crippen LogP contribution in [0, 0.1) is 5.82 Å². The average molecular weight is 431 g/mol. The van der Waals surface area contributed by atoms with Gasteiger partial charge in [0.05, 0.1) is 23.6 Å². The van der Waals surface area contributed by atoms with E-state index in [4.69, 9.17) is 10.7 Å². The fraction of sp³-hybridized carbons (Fsp3) is 0.174. The Hall–Kier alpha value is -3.36. The first-order valence-corrected chi connectivity index (χ1v) is 11.1. The van der Waals surface area contributed by atoms with Crippen molar-refractivity contribution in [2.24, 2.45) is 0 Å². The number of benzene rings is 1. The third-order valence-electron chi connectivity index (χ3n) is 5.86. The molecule has 3 N–H and O–H groups in total. The van der Waals surface area contributed by atoms with Gasteiger partial charge in [0.15, 0.2) is 0 Å². The number of rotatable bonds is 3. The third-order valence-corrected chi connectivity index (χ3v) is 6.75. The summed E-state index contributed by atoms with van der Waals surface area (Å²) in [5.41, 5.74) is 10.7. The van der Waals surface area contributed by atoms with Crippen LogP contribution in [-0.4, -0.2) is 25.9 Å². The molecule has 1 aliphatic rings. The molecule has 0 spiro atoms. The molecule has 5 heterocycles. The Morgan fingerprint density at radius 1 is 1.13 bits per heavy atom. The molecule has 1 aliphatic heterocycles.